The zero-order valence-corrected chi connectivity index (χ0v) is 8.75. The summed E-state index contributed by atoms with van der Waals surface area (Å²) in [6.45, 7) is 4.20. The van der Waals surface area contributed by atoms with Crippen molar-refractivity contribution in [2.45, 2.75) is 19.8 Å². The molecule has 0 atom stereocenters. The maximum Gasteiger partial charge on any atom is 0.131 e. The average Bonchev–Trinajstić information content (AvgIpc) is 2.26. The van der Waals surface area contributed by atoms with E-state index in [1.807, 2.05) is 24.3 Å². The van der Waals surface area contributed by atoms with E-state index in [2.05, 4.69) is 24.2 Å². The van der Waals surface area contributed by atoms with E-state index in [1.54, 1.807) is 0 Å². The van der Waals surface area contributed by atoms with Crippen LogP contribution in [0.2, 0.25) is 0 Å². The van der Waals surface area contributed by atoms with Crippen LogP contribution < -0.4 is 0 Å². The first-order chi connectivity index (χ1) is 7.19. The highest BCUT2D eigenvalue weighted by atomic mass is 16.4. The molecule has 1 rings (SSSR count). The SMILES string of the molecule is CC(C)c1ccc(C(/C=N\O)=N/O)cc1. The van der Waals surface area contributed by atoms with Crippen LogP contribution in [0, 0.1) is 0 Å². The molecule has 0 aliphatic rings. The van der Waals surface area contributed by atoms with Crippen molar-refractivity contribution in [3.63, 3.8) is 0 Å². The van der Waals surface area contributed by atoms with Crippen LogP contribution in [0.1, 0.15) is 30.9 Å². The highest BCUT2D eigenvalue weighted by Crippen LogP contribution is 2.14. The first-order valence-electron chi connectivity index (χ1n) is 4.69. The highest BCUT2D eigenvalue weighted by molar-refractivity contribution is 6.37. The van der Waals surface area contributed by atoms with Gasteiger partial charge in [0.15, 0.2) is 0 Å². The van der Waals surface area contributed by atoms with Gasteiger partial charge < -0.3 is 10.4 Å². The third-order valence-corrected chi connectivity index (χ3v) is 2.16. The molecule has 4 nitrogen and oxygen atoms in total. The van der Waals surface area contributed by atoms with E-state index in [4.69, 9.17) is 10.4 Å². The molecule has 1 aromatic rings. The van der Waals surface area contributed by atoms with Gasteiger partial charge in [0, 0.05) is 5.56 Å². The molecule has 0 fully saturated rings. The lowest BCUT2D eigenvalue weighted by molar-refractivity contribution is 0.316. The molecule has 0 heterocycles. The second-order valence-electron chi connectivity index (χ2n) is 3.51. The zero-order valence-electron chi connectivity index (χ0n) is 8.75. The third kappa shape index (κ3) is 2.80. The van der Waals surface area contributed by atoms with Crippen LogP contribution in [0.3, 0.4) is 0 Å². The van der Waals surface area contributed by atoms with E-state index in [9.17, 15) is 0 Å². The van der Waals surface area contributed by atoms with Crippen molar-refractivity contribution in [2.75, 3.05) is 0 Å². The first-order valence-corrected chi connectivity index (χ1v) is 4.69. The van der Waals surface area contributed by atoms with Gasteiger partial charge in [-0.25, -0.2) is 0 Å². The van der Waals surface area contributed by atoms with Crippen LogP contribution in [0.15, 0.2) is 34.6 Å². The Hall–Kier alpha value is -1.84. The molecule has 0 spiro atoms. The predicted octanol–water partition coefficient (Wildman–Crippen LogP) is 2.45. The number of nitrogens with zero attached hydrogens (tertiary/aromatic N) is 2. The van der Waals surface area contributed by atoms with Gasteiger partial charge in [-0.15, -0.1) is 0 Å². The lowest BCUT2D eigenvalue weighted by Gasteiger charge is -2.05. The van der Waals surface area contributed by atoms with Gasteiger partial charge in [-0.2, -0.15) is 0 Å². The summed E-state index contributed by atoms with van der Waals surface area (Å²) in [5.41, 5.74) is 2.14. The smallest absolute Gasteiger partial charge is 0.131 e. The molecular formula is C11H14N2O2. The van der Waals surface area contributed by atoms with E-state index in [1.165, 1.54) is 5.56 Å². The molecule has 4 heteroatoms. The van der Waals surface area contributed by atoms with Gasteiger partial charge in [0.25, 0.3) is 0 Å². The summed E-state index contributed by atoms with van der Waals surface area (Å²) in [6.07, 6.45) is 1.09. The largest absolute Gasteiger partial charge is 0.411 e. The lowest BCUT2D eigenvalue weighted by Crippen LogP contribution is -2.02. The Labute approximate surface area is 88.5 Å². The second kappa shape index (κ2) is 5.14. The monoisotopic (exact) mass is 206 g/mol. The van der Waals surface area contributed by atoms with E-state index < -0.39 is 0 Å². The summed E-state index contributed by atoms with van der Waals surface area (Å²) in [5.74, 6) is 0.458. The predicted molar refractivity (Wildman–Crippen MR) is 59.1 cm³/mol. The van der Waals surface area contributed by atoms with Crippen molar-refractivity contribution in [3.05, 3.63) is 35.4 Å². The summed E-state index contributed by atoms with van der Waals surface area (Å²) in [7, 11) is 0. The fourth-order valence-electron chi connectivity index (χ4n) is 1.25. The van der Waals surface area contributed by atoms with Gasteiger partial charge >= 0.3 is 0 Å². The summed E-state index contributed by atoms with van der Waals surface area (Å²) in [5, 5.41) is 22.9. The molecule has 15 heavy (non-hydrogen) atoms. The fourth-order valence-corrected chi connectivity index (χ4v) is 1.25. The number of hydrogen-bond donors (Lipinski definition) is 2. The van der Waals surface area contributed by atoms with Crippen LogP contribution in [0.4, 0.5) is 0 Å². The average molecular weight is 206 g/mol. The van der Waals surface area contributed by atoms with Crippen molar-refractivity contribution in [1.29, 1.82) is 0 Å². The number of rotatable bonds is 3. The Bertz CT molecular complexity index is 367. The number of benzene rings is 1. The topological polar surface area (TPSA) is 65.2 Å². The highest BCUT2D eigenvalue weighted by Gasteiger charge is 2.03. The molecule has 0 aliphatic heterocycles. The molecule has 0 radical (unpaired) electrons. The summed E-state index contributed by atoms with van der Waals surface area (Å²) in [6, 6.07) is 7.56. The molecule has 0 bridgehead atoms. The minimum atomic E-state index is 0.229. The van der Waals surface area contributed by atoms with Crippen molar-refractivity contribution in [1.82, 2.24) is 0 Å². The van der Waals surface area contributed by atoms with Gasteiger partial charge in [0.05, 0.1) is 6.21 Å². The molecule has 80 valence electrons. The van der Waals surface area contributed by atoms with Crippen molar-refractivity contribution in [2.24, 2.45) is 10.3 Å². The maximum absolute atomic E-state index is 8.67. The molecular weight excluding hydrogens is 192 g/mol. The van der Waals surface area contributed by atoms with Gasteiger partial charge in [0.1, 0.15) is 5.71 Å². The molecule has 0 unspecified atom stereocenters. The van der Waals surface area contributed by atoms with Crippen molar-refractivity contribution >= 4 is 11.9 Å². The zero-order chi connectivity index (χ0) is 11.3. The fraction of sp³-hybridized carbons (Fsp3) is 0.273. The lowest BCUT2D eigenvalue weighted by atomic mass is 10.0. The van der Waals surface area contributed by atoms with Crippen LogP contribution in [-0.2, 0) is 0 Å². The summed E-state index contributed by atoms with van der Waals surface area (Å²) >= 11 is 0. The van der Waals surface area contributed by atoms with Crippen LogP contribution >= 0.6 is 0 Å². The molecule has 0 saturated heterocycles. The molecule has 0 saturated carbocycles. The van der Waals surface area contributed by atoms with Crippen LogP contribution in [-0.4, -0.2) is 22.3 Å². The Morgan fingerprint density at radius 2 is 1.80 bits per heavy atom. The minimum absolute atomic E-state index is 0.229. The Kier molecular flexibility index (Phi) is 3.85. The first kappa shape index (κ1) is 11.2. The van der Waals surface area contributed by atoms with Gasteiger partial charge in [-0.3, -0.25) is 0 Å². The van der Waals surface area contributed by atoms with E-state index >= 15 is 0 Å². The Balaban J connectivity index is 2.97. The number of oxime groups is 2. The van der Waals surface area contributed by atoms with Crippen LogP contribution in [0.5, 0.6) is 0 Å². The number of hydrogen-bond acceptors (Lipinski definition) is 4. The minimum Gasteiger partial charge on any atom is -0.411 e. The summed E-state index contributed by atoms with van der Waals surface area (Å²) in [4.78, 5) is 0. The summed E-state index contributed by atoms with van der Waals surface area (Å²) < 4.78 is 0. The van der Waals surface area contributed by atoms with E-state index in [0.717, 1.165) is 6.21 Å². The standard InChI is InChI=1S/C11H14N2O2/c1-8(2)9-3-5-10(6-4-9)11(13-15)7-12-14/h3-8,14-15H,1-2H3/b12-7-,13-11+. The molecule has 1 aromatic carbocycles. The molecule has 0 aliphatic carbocycles. The van der Waals surface area contributed by atoms with E-state index in [-0.39, 0.29) is 5.71 Å². The van der Waals surface area contributed by atoms with Crippen LogP contribution in [0.25, 0.3) is 0 Å². The van der Waals surface area contributed by atoms with Crippen molar-refractivity contribution < 1.29 is 10.4 Å². The van der Waals surface area contributed by atoms with Gasteiger partial charge in [0.2, 0.25) is 0 Å². The molecule has 0 aromatic heterocycles. The molecule has 2 N–H and O–H groups in total. The van der Waals surface area contributed by atoms with Gasteiger partial charge in [-0.05, 0) is 11.5 Å². The molecule has 0 amide bonds. The Morgan fingerprint density at radius 1 is 1.20 bits per heavy atom. The van der Waals surface area contributed by atoms with Gasteiger partial charge in [-0.1, -0.05) is 48.4 Å². The quantitative estimate of drug-likeness (QED) is 0.453. The maximum atomic E-state index is 8.67. The van der Waals surface area contributed by atoms with E-state index in [0.29, 0.717) is 11.5 Å². The Morgan fingerprint density at radius 3 is 2.20 bits per heavy atom. The third-order valence-electron chi connectivity index (χ3n) is 2.16. The normalized spacial score (nSPS) is 12.6. The second-order valence-corrected chi connectivity index (χ2v) is 3.51. The van der Waals surface area contributed by atoms with Crippen molar-refractivity contribution in [3.8, 4) is 0 Å².